The van der Waals surface area contributed by atoms with Crippen LogP contribution in [-0.2, 0) is 24.2 Å². The summed E-state index contributed by atoms with van der Waals surface area (Å²) < 4.78 is 27.1. The van der Waals surface area contributed by atoms with Crippen LogP contribution in [0.1, 0.15) is 23.1 Å². The van der Waals surface area contributed by atoms with Crippen LogP contribution in [0.2, 0.25) is 0 Å². The summed E-state index contributed by atoms with van der Waals surface area (Å²) in [5, 5.41) is 2.84. The Labute approximate surface area is 146 Å². The van der Waals surface area contributed by atoms with E-state index < -0.39 is 11.6 Å². The highest BCUT2D eigenvalue weighted by Gasteiger charge is 2.15. The van der Waals surface area contributed by atoms with E-state index in [4.69, 9.17) is 0 Å². The highest BCUT2D eigenvalue weighted by Crippen LogP contribution is 2.18. The van der Waals surface area contributed by atoms with Crippen LogP contribution in [0.5, 0.6) is 0 Å². The second-order valence-electron chi connectivity index (χ2n) is 6.35. The molecule has 2 aromatic rings. The molecule has 0 fully saturated rings. The van der Waals surface area contributed by atoms with Crippen molar-refractivity contribution in [3.63, 3.8) is 0 Å². The van der Waals surface area contributed by atoms with Gasteiger partial charge in [0, 0.05) is 38.2 Å². The van der Waals surface area contributed by atoms with E-state index in [9.17, 15) is 13.6 Å². The molecule has 5 heteroatoms. The average Bonchev–Trinajstić information content (AvgIpc) is 2.61. The van der Waals surface area contributed by atoms with Crippen LogP contribution < -0.4 is 5.32 Å². The minimum absolute atomic E-state index is 0.0229. The normalized spacial score (nSPS) is 14.2. The first-order valence-electron chi connectivity index (χ1n) is 8.62. The van der Waals surface area contributed by atoms with E-state index in [1.807, 2.05) is 6.07 Å². The van der Waals surface area contributed by atoms with Crippen LogP contribution >= 0.6 is 0 Å². The molecule has 1 N–H and O–H groups in total. The topological polar surface area (TPSA) is 32.3 Å². The Balaban J connectivity index is 1.40. The first-order chi connectivity index (χ1) is 12.1. The second kappa shape index (κ2) is 8.21. The number of fused-ring (bicyclic) bond motifs is 1. The maximum absolute atomic E-state index is 13.5. The summed E-state index contributed by atoms with van der Waals surface area (Å²) in [7, 11) is 0. The molecule has 0 aromatic heterocycles. The molecule has 0 aliphatic carbocycles. The van der Waals surface area contributed by atoms with Crippen molar-refractivity contribution in [2.24, 2.45) is 0 Å². The zero-order valence-electron chi connectivity index (χ0n) is 14.1. The van der Waals surface area contributed by atoms with Gasteiger partial charge in [0.05, 0.1) is 0 Å². The Morgan fingerprint density at radius 1 is 1.04 bits per heavy atom. The largest absolute Gasteiger partial charge is 0.355 e. The molecular formula is C20H22F2N2O. The first kappa shape index (κ1) is 17.5. The third-order valence-corrected chi connectivity index (χ3v) is 4.62. The van der Waals surface area contributed by atoms with E-state index in [-0.39, 0.29) is 24.3 Å². The van der Waals surface area contributed by atoms with E-state index in [2.05, 4.69) is 28.4 Å². The standard InChI is InChI=1S/C20H22F2N2O/c21-18-6-3-7-19(22)17(18)8-9-20(25)23-11-13-24-12-10-15-4-1-2-5-16(15)14-24/h1-7H,8-14H2,(H,23,25). The fourth-order valence-electron chi connectivity index (χ4n) is 3.20. The third-order valence-electron chi connectivity index (χ3n) is 4.62. The summed E-state index contributed by atoms with van der Waals surface area (Å²) in [6, 6.07) is 12.2. The van der Waals surface area contributed by atoms with Crippen molar-refractivity contribution in [3.8, 4) is 0 Å². The van der Waals surface area contributed by atoms with Gasteiger partial charge in [0.15, 0.2) is 0 Å². The summed E-state index contributed by atoms with van der Waals surface area (Å²) in [5.41, 5.74) is 2.72. The number of hydrogen-bond acceptors (Lipinski definition) is 2. The van der Waals surface area contributed by atoms with Gasteiger partial charge in [-0.05, 0) is 36.1 Å². The number of carbonyl (C=O) groups is 1. The Morgan fingerprint density at radius 3 is 2.52 bits per heavy atom. The van der Waals surface area contributed by atoms with E-state index >= 15 is 0 Å². The zero-order chi connectivity index (χ0) is 17.6. The van der Waals surface area contributed by atoms with E-state index in [1.165, 1.54) is 29.3 Å². The molecule has 3 nitrogen and oxygen atoms in total. The number of halogens is 2. The fraction of sp³-hybridized carbons (Fsp3) is 0.350. The molecular weight excluding hydrogens is 322 g/mol. The van der Waals surface area contributed by atoms with Gasteiger partial charge in [-0.25, -0.2) is 8.78 Å². The molecule has 1 amide bonds. The molecule has 0 saturated carbocycles. The van der Waals surface area contributed by atoms with Gasteiger partial charge in [-0.1, -0.05) is 30.3 Å². The van der Waals surface area contributed by atoms with Crippen molar-refractivity contribution >= 4 is 5.91 Å². The minimum Gasteiger partial charge on any atom is -0.355 e. The molecule has 1 heterocycles. The molecule has 25 heavy (non-hydrogen) atoms. The second-order valence-corrected chi connectivity index (χ2v) is 6.35. The van der Waals surface area contributed by atoms with Crippen molar-refractivity contribution in [2.45, 2.75) is 25.8 Å². The van der Waals surface area contributed by atoms with Gasteiger partial charge >= 0.3 is 0 Å². The lowest BCUT2D eigenvalue weighted by atomic mass is 10.00. The highest BCUT2D eigenvalue weighted by molar-refractivity contribution is 5.76. The molecule has 0 bridgehead atoms. The summed E-state index contributed by atoms with van der Waals surface area (Å²) in [5.74, 6) is -1.38. The maximum atomic E-state index is 13.5. The molecule has 0 radical (unpaired) electrons. The van der Waals surface area contributed by atoms with Gasteiger partial charge in [-0.3, -0.25) is 9.69 Å². The van der Waals surface area contributed by atoms with E-state index in [1.54, 1.807) is 0 Å². The van der Waals surface area contributed by atoms with Crippen LogP contribution in [0.25, 0.3) is 0 Å². The summed E-state index contributed by atoms with van der Waals surface area (Å²) in [6.07, 6.45) is 1.18. The Hall–Kier alpha value is -2.27. The summed E-state index contributed by atoms with van der Waals surface area (Å²) >= 11 is 0. The highest BCUT2D eigenvalue weighted by atomic mass is 19.1. The van der Waals surface area contributed by atoms with Gasteiger partial charge in [0.1, 0.15) is 11.6 Å². The number of nitrogens with zero attached hydrogens (tertiary/aromatic N) is 1. The molecule has 1 aliphatic heterocycles. The van der Waals surface area contributed by atoms with Crippen LogP contribution in [0.3, 0.4) is 0 Å². The van der Waals surface area contributed by atoms with Gasteiger partial charge in [-0.2, -0.15) is 0 Å². The quantitative estimate of drug-likeness (QED) is 0.873. The maximum Gasteiger partial charge on any atom is 0.220 e. The van der Waals surface area contributed by atoms with Gasteiger partial charge < -0.3 is 5.32 Å². The van der Waals surface area contributed by atoms with Crippen LogP contribution in [-0.4, -0.2) is 30.4 Å². The predicted octanol–water partition coefficient (Wildman–Crippen LogP) is 3.07. The van der Waals surface area contributed by atoms with Crippen molar-refractivity contribution < 1.29 is 13.6 Å². The monoisotopic (exact) mass is 344 g/mol. The van der Waals surface area contributed by atoms with Gasteiger partial charge in [0.2, 0.25) is 5.91 Å². The summed E-state index contributed by atoms with van der Waals surface area (Å²) in [4.78, 5) is 14.2. The van der Waals surface area contributed by atoms with E-state index in [0.717, 1.165) is 26.1 Å². The minimum atomic E-state index is -0.597. The molecule has 3 rings (SSSR count). The molecule has 1 aliphatic rings. The first-order valence-corrected chi connectivity index (χ1v) is 8.62. The third kappa shape index (κ3) is 4.63. The molecule has 132 valence electrons. The molecule has 0 saturated heterocycles. The molecule has 2 aromatic carbocycles. The Bertz CT molecular complexity index is 728. The lowest BCUT2D eigenvalue weighted by Crippen LogP contribution is -2.37. The lowest BCUT2D eigenvalue weighted by molar-refractivity contribution is -0.121. The Kier molecular flexibility index (Phi) is 5.76. The van der Waals surface area contributed by atoms with Crippen molar-refractivity contribution in [2.75, 3.05) is 19.6 Å². The van der Waals surface area contributed by atoms with Crippen LogP contribution in [0.4, 0.5) is 8.78 Å². The van der Waals surface area contributed by atoms with Crippen molar-refractivity contribution in [1.29, 1.82) is 0 Å². The number of rotatable bonds is 6. The average molecular weight is 344 g/mol. The van der Waals surface area contributed by atoms with Crippen LogP contribution in [0, 0.1) is 11.6 Å². The van der Waals surface area contributed by atoms with Crippen molar-refractivity contribution in [3.05, 3.63) is 70.8 Å². The van der Waals surface area contributed by atoms with Crippen molar-refractivity contribution in [1.82, 2.24) is 10.2 Å². The number of carbonyl (C=O) groups excluding carboxylic acids is 1. The number of hydrogen-bond donors (Lipinski definition) is 1. The smallest absolute Gasteiger partial charge is 0.220 e. The van der Waals surface area contributed by atoms with Gasteiger partial charge in [0.25, 0.3) is 0 Å². The zero-order valence-corrected chi connectivity index (χ0v) is 14.1. The van der Waals surface area contributed by atoms with Crippen LogP contribution in [0.15, 0.2) is 42.5 Å². The fourth-order valence-corrected chi connectivity index (χ4v) is 3.20. The SMILES string of the molecule is O=C(CCc1c(F)cccc1F)NCCN1CCc2ccccc2C1. The van der Waals surface area contributed by atoms with E-state index in [0.29, 0.717) is 6.54 Å². The molecule has 0 spiro atoms. The number of benzene rings is 2. The Morgan fingerprint density at radius 2 is 1.76 bits per heavy atom. The number of amides is 1. The molecule has 0 unspecified atom stereocenters. The predicted molar refractivity (Wildman–Crippen MR) is 93.1 cm³/mol. The number of nitrogens with one attached hydrogen (secondary N) is 1. The van der Waals surface area contributed by atoms with Gasteiger partial charge in [-0.15, -0.1) is 0 Å². The molecule has 0 atom stereocenters. The summed E-state index contributed by atoms with van der Waals surface area (Å²) in [6.45, 7) is 3.19. The lowest BCUT2D eigenvalue weighted by Gasteiger charge is -2.28.